The van der Waals surface area contributed by atoms with Gasteiger partial charge in [-0.1, -0.05) is 12.1 Å². The molecule has 2 amide bonds. The van der Waals surface area contributed by atoms with Crippen molar-refractivity contribution in [3.63, 3.8) is 0 Å². The molecule has 4 atom stereocenters. The first-order valence-electron chi connectivity index (χ1n) is 13.9. The molecule has 4 fully saturated rings. The number of anilines is 2. The van der Waals surface area contributed by atoms with E-state index in [1.54, 1.807) is 16.2 Å². The van der Waals surface area contributed by atoms with Crippen LogP contribution in [0.4, 0.5) is 16.4 Å². The molecule has 2 saturated heterocycles. The van der Waals surface area contributed by atoms with Crippen LogP contribution in [-0.2, 0) is 9.59 Å². The standard InChI is InChI=1S/C29H35N5O2S/c1-18-16-21-26(30-22-6-2-3-7-23(22)31-27(21)37-18)33-14-12-32(13-15-33)10-4-5-11-34-28(35)24-19-8-9-20(17-19)25(24)29(34)36/h2-3,6-7,16,19-20,24-25,31H,4-5,8-15,17H2,1H3/t19-,20?,24?,25-/m0/s1. The number of hydrogen-bond donors (Lipinski definition) is 1. The van der Waals surface area contributed by atoms with E-state index in [1.165, 1.54) is 15.4 Å². The van der Waals surface area contributed by atoms with Gasteiger partial charge in [0.15, 0.2) is 0 Å². The Labute approximate surface area is 222 Å². The molecule has 194 valence electrons. The maximum Gasteiger partial charge on any atom is 0.233 e. The molecule has 7 rings (SSSR count). The van der Waals surface area contributed by atoms with Crippen molar-refractivity contribution in [2.45, 2.75) is 39.0 Å². The molecule has 37 heavy (non-hydrogen) atoms. The van der Waals surface area contributed by atoms with Crippen molar-refractivity contribution in [2.24, 2.45) is 28.7 Å². The zero-order valence-corrected chi connectivity index (χ0v) is 22.3. The van der Waals surface area contributed by atoms with Gasteiger partial charge in [0.25, 0.3) is 0 Å². The SMILES string of the molecule is Cc1cc2c(s1)Nc1ccccc1N=C2N1CCN(CCCCN2C(=O)C3[C@H]4CCC(C4)[C@@H]3C2=O)CC1. The number of hydrogen-bond acceptors (Lipinski definition) is 7. The van der Waals surface area contributed by atoms with Gasteiger partial charge in [0, 0.05) is 37.6 Å². The van der Waals surface area contributed by atoms with Crippen molar-refractivity contribution >= 4 is 45.4 Å². The van der Waals surface area contributed by atoms with Crippen molar-refractivity contribution in [3.8, 4) is 0 Å². The zero-order valence-electron chi connectivity index (χ0n) is 21.5. The average molecular weight is 518 g/mol. The van der Waals surface area contributed by atoms with Crippen LogP contribution in [0.25, 0.3) is 0 Å². The number of fused-ring (bicyclic) bond motifs is 7. The highest BCUT2D eigenvalue weighted by Crippen LogP contribution is 2.56. The normalized spacial score (nSPS) is 28.6. The Morgan fingerprint density at radius 1 is 0.973 bits per heavy atom. The van der Waals surface area contributed by atoms with Crippen LogP contribution < -0.4 is 5.32 Å². The van der Waals surface area contributed by atoms with Gasteiger partial charge in [0.2, 0.25) is 11.8 Å². The van der Waals surface area contributed by atoms with E-state index in [0.717, 1.165) is 82.0 Å². The van der Waals surface area contributed by atoms with Gasteiger partial charge in [-0.3, -0.25) is 19.4 Å². The molecule has 0 spiro atoms. The number of carbonyl (C=O) groups is 2. The molecule has 1 N–H and O–H groups in total. The highest BCUT2D eigenvalue weighted by Gasteiger charge is 2.60. The molecule has 3 aliphatic heterocycles. The number of unbranched alkanes of at least 4 members (excludes halogenated alkanes) is 1. The Balaban J connectivity index is 0.937. The molecule has 1 aromatic carbocycles. The van der Waals surface area contributed by atoms with E-state index in [9.17, 15) is 9.59 Å². The summed E-state index contributed by atoms with van der Waals surface area (Å²) >= 11 is 1.79. The Kier molecular flexibility index (Phi) is 5.85. The molecular formula is C29H35N5O2S. The molecule has 2 bridgehead atoms. The minimum absolute atomic E-state index is 0.0147. The number of likely N-dealkylation sites (tertiary alicyclic amines) is 1. The number of amides is 2. The first-order chi connectivity index (χ1) is 18.1. The number of rotatable bonds is 5. The number of para-hydroxylation sites is 2. The van der Waals surface area contributed by atoms with E-state index >= 15 is 0 Å². The van der Waals surface area contributed by atoms with Gasteiger partial charge in [0.1, 0.15) is 10.8 Å². The molecule has 8 heteroatoms. The number of nitrogens with one attached hydrogen (secondary N) is 1. The van der Waals surface area contributed by atoms with Crippen LogP contribution in [0, 0.1) is 30.6 Å². The number of imide groups is 1. The fraction of sp³-hybridized carbons (Fsp3) is 0.552. The van der Waals surface area contributed by atoms with Crippen LogP contribution in [0.2, 0.25) is 0 Å². The molecular weight excluding hydrogens is 482 g/mol. The number of amidine groups is 1. The minimum atomic E-state index is 0.0147. The Morgan fingerprint density at radius 2 is 1.68 bits per heavy atom. The van der Waals surface area contributed by atoms with Crippen LogP contribution >= 0.6 is 11.3 Å². The van der Waals surface area contributed by atoms with Crippen molar-refractivity contribution in [3.05, 3.63) is 40.8 Å². The number of aryl methyl sites for hydroxylation is 1. The van der Waals surface area contributed by atoms with Crippen LogP contribution in [0.15, 0.2) is 35.3 Å². The van der Waals surface area contributed by atoms with Gasteiger partial charge in [-0.2, -0.15) is 0 Å². The topological polar surface area (TPSA) is 68.2 Å². The van der Waals surface area contributed by atoms with E-state index in [1.807, 2.05) is 6.07 Å². The lowest BCUT2D eigenvalue weighted by atomic mass is 9.81. The Morgan fingerprint density at radius 3 is 2.43 bits per heavy atom. The highest BCUT2D eigenvalue weighted by molar-refractivity contribution is 7.16. The first kappa shape index (κ1) is 23.4. The van der Waals surface area contributed by atoms with Crippen molar-refractivity contribution in [2.75, 3.05) is 44.6 Å². The maximum atomic E-state index is 12.9. The summed E-state index contributed by atoms with van der Waals surface area (Å²) in [7, 11) is 0. The molecule has 2 unspecified atom stereocenters. The van der Waals surface area contributed by atoms with Gasteiger partial charge in [-0.05, 0) is 75.6 Å². The van der Waals surface area contributed by atoms with Gasteiger partial charge in [-0.25, -0.2) is 4.99 Å². The summed E-state index contributed by atoms with van der Waals surface area (Å²) in [5.41, 5.74) is 3.25. The second-order valence-corrected chi connectivity index (χ2v) is 12.7. The largest absolute Gasteiger partial charge is 0.353 e. The van der Waals surface area contributed by atoms with E-state index in [0.29, 0.717) is 18.4 Å². The van der Waals surface area contributed by atoms with E-state index in [-0.39, 0.29) is 23.7 Å². The lowest BCUT2D eigenvalue weighted by Gasteiger charge is -2.36. The van der Waals surface area contributed by atoms with Crippen LogP contribution in [-0.4, -0.2) is 71.6 Å². The van der Waals surface area contributed by atoms with E-state index < -0.39 is 0 Å². The van der Waals surface area contributed by atoms with Crippen LogP contribution in [0.5, 0.6) is 0 Å². The summed E-state index contributed by atoms with van der Waals surface area (Å²) in [5.74, 6) is 2.33. The zero-order chi connectivity index (χ0) is 25.1. The fourth-order valence-corrected chi connectivity index (χ4v) is 8.39. The monoisotopic (exact) mass is 517 g/mol. The lowest BCUT2D eigenvalue weighted by molar-refractivity contribution is -0.140. The fourth-order valence-electron chi connectivity index (χ4n) is 7.47. The molecule has 4 heterocycles. The van der Waals surface area contributed by atoms with Gasteiger partial charge >= 0.3 is 0 Å². The quantitative estimate of drug-likeness (QED) is 0.463. The Hall–Kier alpha value is -2.71. The summed E-state index contributed by atoms with van der Waals surface area (Å²) in [6, 6.07) is 10.5. The first-order valence-corrected chi connectivity index (χ1v) is 14.8. The summed E-state index contributed by atoms with van der Waals surface area (Å²) in [4.78, 5) is 38.8. The summed E-state index contributed by atoms with van der Waals surface area (Å²) in [6.07, 6.45) is 5.32. The molecule has 1 aromatic heterocycles. The predicted octanol–water partition coefficient (Wildman–Crippen LogP) is 4.62. The summed E-state index contributed by atoms with van der Waals surface area (Å²) in [6.45, 7) is 7.68. The molecule has 5 aliphatic rings. The van der Waals surface area contributed by atoms with Crippen LogP contribution in [0.1, 0.15) is 42.5 Å². The number of aliphatic imine (C=N–C) groups is 1. The van der Waals surface area contributed by atoms with E-state index in [4.69, 9.17) is 4.99 Å². The lowest BCUT2D eigenvalue weighted by Crippen LogP contribution is -2.49. The highest BCUT2D eigenvalue weighted by atomic mass is 32.1. The number of carbonyl (C=O) groups excluding carboxylic acids is 2. The molecule has 2 aliphatic carbocycles. The summed E-state index contributed by atoms with van der Waals surface area (Å²) < 4.78 is 0. The second kappa shape index (κ2) is 9.24. The summed E-state index contributed by atoms with van der Waals surface area (Å²) in [5, 5.41) is 4.77. The van der Waals surface area contributed by atoms with Gasteiger partial charge in [0.05, 0.1) is 28.8 Å². The number of thiophene rings is 1. The number of benzene rings is 1. The Bertz CT molecular complexity index is 1230. The molecule has 7 nitrogen and oxygen atoms in total. The van der Waals surface area contributed by atoms with Crippen LogP contribution in [0.3, 0.4) is 0 Å². The minimum Gasteiger partial charge on any atom is -0.353 e. The third-order valence-corrected chi connectivity index (χ3v) is 10.2. The maximum absolute atomic E-state index is 12.9. The molecule has 0 radical (unpaired) electrons. The average Bonchev–Trinajstić information content (AvgIpc) is 3.65. The number of piperazine rings is 1. The predicted molar refractivity (Wildman–Crippen MR) is 147 cm³/mol. The smallest absolute Gasteiger partial charge is 0.233 e. The molecule has 2 aromatic rings. The van der Waals surface area contributed by atoms with Crippen molar-refractivity contribution in [1.82, 2.24) is 14.7 Å². The molecule has 2 saturated carbocycles. The third-order valence-electron chi connectivity index (χ3n) is 9.27. The second-order valence-electron chi connectivity index (χ2n) is 11.4. The van der Waals surface area contributed by atoms with Gasteiger partial charge in [-0.15, -0.1) is 11.3 Å². The van der Waals surface area contributed by atoms with E-state index in [2.05, 4.69) is 46.3 Å². The van der Waals surface area contributed by atoms with Crippen molar-refractivity contribution in [1.29, 1.82) is 0 Å². The third kappa shape index (κ3) is 4.00. The number of nitrogens with zero attached hydrogens (tertiary/aromatic N) is 4. The van der Waals surface area contributed by atoms with Gasteiger partial charge < -0.3 is 10.2 Å². The van der Waals surface area contributed by atoms with Crippen molar-refractivity contribution < 1.29 is 9.59 Å².